The molecule has 2 aliphatic rings. The molecule has 15 heavy (non-hydrogen) atoms. The summed E-state index contributed by atoms with van der Waals surface area (Å²) in [7, 11) is 4.37. The summed E-state index contributed by atoms with van der Waals surface area (Å²) in [5.74, 6) is 0. The summed E-state index contributed by atoms with van der Waals surface area (Å²) in [6, 6.07) is 0.648. The second-order valence-corrected chi connectivity index (χ2v) is 5.45. The molecule has 1 atom stereocenters. The molecule has 0 aromatic carbocycles. The predicted octanol–water partition coefficient (Wildman–Crippen LogP) is 1.19. The van der Waals surface area contributed by atoms with Crippen LogP contribution in [0.25, 0.3) is 0 Å². The van der Waals surface area contributed by atoms with Gasteiger partial charge in [-0.05, 0) is 40.8 Å². The third-order valence-corrected chi connectivity index (χ3v) is 4.08. The van der Waals surface area contributed by atoms with Crippen molar-refractivity contribution in [1.29, 1.82) is 0 Å². The fourth-order valence-corrected chi connectivity index (χ4v) is 2.65. The van der Waals surface area contributed by atoms with Crippen molar-refractivity contribution in [2.75, 3.05) is 33.8 Å². The van der Waals surface area contributed by atoms with E-state index in [0.29, 0.717) is 17.7 Å². The fourth-order valence-electron chi connectivity index (χ4n) is 2.65. The molecule has 3 heteroatoms. The number of nitrogens with zero attached hydrogens (tertiary/aromatic N) is 2. The van der Waals surface area contributed by atoms with Crippen molar-refractivity contribution >= 4 is 0 Å². The zero-order valence-corrected chi connectivity index (χ0v) is 10.5. The molecule has 1 heterocycles. The average molecular weight is 212 g/mol. The van der Waals surface area contributed by atoms with Crippen molar-refractivity contribution in [3.8, 4) is 0 Å². The standard InChI is InChI=1S/C12H24N2O/c1-10(2)14-7-8-15-11(9-14)12(5-6-12)13(3)4/h10-11H,5-9H2,1-4H3. The Bertz CT molecular complexity index is 224. The summed E-state index contributed by atoms with van der Waals surface area (Å²) in [6.45, 7) is 7.65. The maximum atomic E-state index is 5.96. The van der Waals surface area contributed by atoms with Crippen molar-refractivity contribution in [2.24, 2.45) is 0 Å². The molecule has 0 amide bonds. The van der Waals surface area contributed by atoms with Crippen LogP contribution in [0, 0.1) is 0 Å². The van der Waals surface area contributed by atoms with Crippen molar-refractivity contribution < 1.29 is 4.74 Å². The van der Waals surface area contributed by atoms with E-state index < -0.39 is 0 Å². The highest BCUT2D eigenvalue weighted by molar-refractivity contribution is 5.09. The molecule has 88 valence electrons. The van der Waals surface area contributed by atoms with E-state index in [1.807, 2.05) is 0 Å². The van der Waals surface area contributed by atoms with Crippen molar-refractivity contribution in [1.82, 2.24) is 9.80 Å². The molecule has 0 aromatic rings. The first kappa shape index (κ1) is 11.4. The lowest BCUT2D eigenvalue weighted by atomic mass is 10.1. The van der Waals surface area contributed by atoms with Crippen molar-refractivity contribution in [2.45, 2.75) is 44.4 Å². The lowest BCUT2D eigenvalue weighted by Crippen LogP contribution is -2.54. The smallest absolute Gasteiger partial charge is 0.0885 e. The lowest BCUT2D eigenvalue weighted by Gasteiger charge is -2.41. The minimum Gasteiger partial charge on any atom is -0.374 e. The zero-order chi connectivity index (χ0) is 11.1. The first-order chi connectivity index (χ1) is 7.06. The van der Waals surface area contributed by atoms with Gasteiger partial charge in [0.05, 0.1) is 12.7 Å². The van der Waals surface area contributed by atoms with E-state index in [2.05, 4.69) is 37.7 Å². The molecule has 0 aromatic heterocycles. The molecule has 1 unspecified atom stereocenters. The van der Waals surface area contributed by atoms with E-state index >= 15 is 0 Å². The Hall–Kier alpha value is -0.120. The highest BCUT2D eigenvalue weighted by Crippen LogP contribution is 2.45. The molecule has 3 nitrogen and oxygen atoms in total. The Kier molecular flexibility index (Phi) is 3.06. The molecule has 1 aliphatic carbocycles. The van der Waals surface area contributed by atoms with Gasteiger partial charge in [0.2, 0.25) is 0 Å². The van der Waals surface area contributed by atoms with E-state index in [9.17, 15) is 0 Å². The molecule has 2 rings (SSSR count). The van der Waals surface area contributed by atoms with E-state index in [0.717, 1.165) is 19.7 Å². The fraction of sp³-hybridized carbons (Fsp3) is 1.00. The first-order valence-corrected chi connectivity index (χ1v) is 6.09. The van der Waals surface area contributed by atoms with Gasteiger partial charge in [0.1, 0.15) is 0 Å². The molecule has 2 fully saturated rings. The van der Waals surface area contributed by atoms with Gasteiger partial charge >= 0.3 is 0 Å². The van der Waals surface area contributed by atoms with E-state index in [1.54, 1.807) is 0 Å². The summed E-state index contributed by atoms with van der Waals surface area (Å²) >= 11 is 0. The minimum absolute atomic E-state index is 0.355. The van der Waals surface area contributed by atoms with Crippen molar-refractivity contribution in [3.63, 3.8) is 0 Å². The molecule has 1 saturated heterocycles. The van der Waals surface area contributed by atoms with Crippen molar-refractivity contribution in [3.05, 3.63) is 0 Å². The van der Waals surface area contributed by atoms with E-state index in [4.69, 9.17) is 4.74 Å². The van der Waals surface area contributed by atoms with Gasteiger partial charge in [0.25, 0.3) is 0 Å². The number of hydrogen-bond acceptors (Lipinski definition) is 3. The summed E-state index contributed by atoms with van der Waals surface area (Å²) in [6.07, 6.45) is 3.02. The molecule has 1 saturated carbocycles. The number of morpholine rings is 1. The maximum absolute atomic E-state index is 5.96. The average Bonchev–Trinajstić information content (AvgIpc) is 2.98. The van der Waals surface area contributed by atoms with Crippen LogP contribution in [0.2, 0.25) is 0 Å². The Morgan fingerprint density at radius 2 is 2.00 bits per heavy atom. The third kappa shape index (κ3) is 2.05. The van der Waals surface area contributed by atoms with Crippen LogP contribution in [-0.4, -0.2) is 61.3 Å². The monoisotopic (exact) mass is 212 g/mol. The van der Waals surface area contributed by atoms with Crippen LogP contribution in [0.1, 0.15) is 26.7 Å². The molecule has 0 N–H and O–H groups in total. The van der Waals surface area contributed by atoms with E-state index in [-0.39, 0.29) is 0 Å². The summed E-state index contributed by atoms with van der Waals surface area (Å²) in [4.78, 5) is 4.90. The van der Waals surface area contributed by atoms with Crippen LogP contribution >= 0.6 is 0 Å². The van der Waals surface area contributed by atoms with E-state index in [1.165, 1.54) is 12.8 Å². The van der Waals surface area contributed by atoms with Crippen LogP contribution in [-0.2, 0) is 4.74 Å². The highest BCUT2D eigenvalue weighted by atomic mass is 16.5. The summed E-state index contributed by atoms with van der Waals surface area (Å²) in [5, 5.41) is 0. The normalized spacial score (nSPS) is 31.2. The van der Waals surface area contributed by atoms with Gasteiger partial charge in [-0.25, -0.2) is 0 Å². The molecule has 1 aliphatic heterocycles. The van der Waals surface area contributed by atoms with Gasteiger partial charge in [0.15, 0.2) is 0 Å². The van der Waals surface area contributed by atoms with Gasteiger partial charge in [-0.3, -0.25) is 4.90 Å². The van der Waals surface area contributed by atoms with Crippen LogP contribution < -0.4 is 0 Å². The molecule has 0 bridgehead atoms. The molecule has 0 radical (unpaired) electrons. The first-order valence-electron chi connectivity index (χ1n) is 6.09. The largest absolute Gasteiger partial charge is 0.374 e. The third-order valence-electron chi connectivity index (χ3n) is 4.08. The van der Waals surface area contributed by atoms with Gasteiger partial charge in [-0.15, -0.1) is 0 Å². The second kappa shape index (κ2) is 4.04. The topological polar surface area (TPSA) is 15.7 Å². The predicted molar refractivity (Wildman–Crippen MR) is 62.1 cm³/mol. The van der Waals surface area contributed by atoms with Crippen LogP contribution in [0.3, 0.4) is 0 Å². The number of ether oxygens (including phenoxy) is 1. The number of likely N-dealkylation sites (N-methyl/N-ethyl adjacent to an activating group) is 1. The number of rotatable bonds is 3. The number of hydrogen-bond donors (Lipinski definition) is 0. The van der Waals surface area contributed by atoms with Gasteiger partial charge < -0.3 is 9.64 Å². The van der Waals surface area contributed by atoms with Gasteiger partial charge in [0, 0.05) is 24.7 Å². The molecule has 0 spiro atoms. The lowest BCUT2D eigenvalue weighted by molar-refractivity contribution is -0.0799. The Balaban J connectivity index is 1.99. The zero-order valence-electron chi connectivity index (χ0n) is 10.5. The highest BCUT2D eigenvalue weighted by Gasteiger charge is 2.53. The SMILES string of the molecule is CC(C)N1CCOC(C2(N(C)C)CC2)C1. The Labute approximate surface area is 93.4 Å². The Morgan fingerprint density at radius 1 is 1.33 bits per heavy atom. The van der Waals surface area contributed by atoms with Crippen LogP contribution in [0.5, 0.6) is 0 Å². The van der Waals surface area contributed by atoms with Gasteiger partial charge in [-0.1, -0.05) is 0 Å². The Morgan fingerprint density at radius 3 is 2.47 bits per heavy atom. The quantitative estimate of drug-likeness (QED) is 0.699. The summed E-state index contributed by atoms with van der Waals surface area (Å²) in [5.41, 5.74) is 0.355. The molecular weight excluding hydrogens is 188 g/mol. The van der Waals surface area contributed by atoms with Crippen LogP contribution in [0.15, 0.2) is 0 Å². The van der Waals surface area contributed by atoms with Gasteiger partial charge in [-0.2, -0.15) is 0 Å². The molecular formula is C12H24N2O. The minimum atomic E-state index is 0.355. The van der Waals surface area contributed by atoms with Crippen LogP contribution in [0.4, 0.5) is 0 Å². The second-order valence-electron chi connectivity index (χ2n) is 5.45. The maximum Gasteiger partial charge on any atom is 0.0885 e. The summed E-state index contributed by atoms with van der Waals surface area (Å²) < 4.78 is 5.96.